The van der Waals surface area contributed by atoms with Crippen molar-refractivity contribution in [2.24, 2.45) is 0 Å². The predicted molar refractivity (Wildman–Crippen MR) is 130 cm³/mol. The van der Waals surface area contributed by atoms with Gasteiger partial charge in [0.15, 0.2) is 6.29 Å². The van der Waals surface area contributed by atoms with Crippen LogP contribution in [0.4, 0.5) is 0 Å². The number of hydrogen-bond donors (Lipinski definition) is 0. The third kappa shape index (κ3) is 5.28. The maximum absolute atomic E-state index is 11.7. The van der Waals surface area contributed by atoms with Gasteiger partial charge in [0, 0.05) is 13.5 Å². The van der Waals surface area contributed by atoms with E-state index in [0.29, 0.717) is 6.61 Å². The Morgan fingerprint density at radius 1 is 0.824 bits per heavy atom. The van der Waals surface area contributed by atoms with Gasteiger partial charge in [-0.1, -0.05) is 91.0 Å². The van der Waals surface area contributed by atoms with E-state index in [1.807, 2.05) is 67.6 Å². The van der Waals surface area contributed by atoms with E-state index in [1.54, 1.807) is 6.08 Å². The largest absolute Gasteiger partial charge is 0.455 e. The number of esters is 1. The van der Waals surface area contributed by atoms with Crippen molar-refractivity contribution in [3.8, 4) is 0 Å². The van der Waals surface area contributed by atoms with Crippen molar-refractivity contribution in [1.82, 2.24) is 0 Å². The second kappa shape index (κ2) is 11.3. The zero-order chi connectivity index (χ0) is 23.8. The number of hydrogen-bond acceptors (Lipinski definition) is 5. The highest BCUT2D eigenvalue weighted by atomic mass is 16.7. The van der Waals surface area contributed by atoms with Crippen LogP contribution in [0.15, 0.2) is 103 Å². The summed E-state index contributed by atoms with van der Waals surface area (Å²) >= 11 is 0. The Kier molecular flexibility index (Phi) is 7.91. The van der Waals surface area contributed by atoms with E-state index < -0.39 is 24.1 Å². The van der Waals surface area contributed by atoms with Crippen LogP contribution in [0.25, 0.3) is 0 Å². The fourth-order valence-electron chi connectivity index (χ4n) is 4.29. The molecule has 0 amide bonds. The van der Waals surface area contributed by atoms with Gasteiger partial charge < -0.3 is 18.9 Å². The molecular weight excluding hydrogens is 428 g/mol. The second-order valence-corrected chi connectivity index (χ2v) is 8.05. The molecule has 0 bridgehead atoms. The first-order chi connectivity index (χ1) is 16.6. The third-order valence-corrected chi connectivity index (χ3v) is 5.77. The third-order valence-electron chi connectivity index (χ3n) is 5.77. The standard InChI is InChI=1S/C29H30O5/c1-3-31-28-20-19-26(33-22(2)30)27(34-28)21-32-29(23-13-7-4-8-14-23,24-15-9-5-10-16-24)25-17-11-6-12-18-25/h4-20,26-28H,3,21H2,1-2H3/t26-,27+,28-/m0/s1. The highest BCUT2D eigenvalue weighted by molar-refractivity contribution is 5.66. The van der Waals surface area contributed by atoms with Crippen molar-refractivity contribution in [3.63, 3.8) is 0 Å². The molecule has 5 nitrogen and oxygen atoms in total. The molecule has 0 saturated heterocycles. The molecule has 1 aliphatic heterocycles. The van der Waals surface area contributed by atoms with Crippen molar-refractivity contribution >= 4 is 5.97 Å². The van der Waals surface area contributed by atoms with E-state index in [1.165, 1.54) is 6.92 Å². The molecule has 3 atom stereocenters. The van der Waals surface area contributed by atoms with Crippen LogP contribution in [0, 0.1) is 0 Å². The van der Waals surface area contributed by atoms with E-state index in [9.17, 15) is 4.79 Å². The summed E-state index contributed by atoms with van der Waals surface area (Å²) in [5.41, 5.74) is 2.08. The zero-order valence-corrected chi connectivity index (χ0v) is 19.5. The topological polar surface area (TPSA) is 54.0 Å². The number of carbonyl (C=O) groups is 1. The van der Waals surface area contributed by atoms with Gasteiger partial charge in [-0.3, -0.25) is 4.79 Å². The van der Waals surface area contributed by atoms with Crippen LogP contribution in [0.2, 0.25) is 0 Å². The fourth-order valence-corrected chi connectivity index (χ4v) is 4.29. The summed E-state index contributed by atoms with van der Waals surface area (Å²) in [7, 11) is 0. The molecule has 0 N–H and O–H groups in total. The van der Waals surface area contributed by atoms with Crippen LogP contribution in [0.1, 0.15) is 30.5 Å². The molecule has 3 aromatic rings. The van der Waals surface area contributed by atoms with E-state index >= 15 is 0 Å². The predicted octanol–water partition coefficient (Wildman–Crippen LogP) is 5.24. The second-order valence-electron chi connectivity index (χ2n) is 8.05. The Hall–Kier alpha value is -3.25. The van der Waals surface area contributed by atoms with E-state index in [4.69, 9.17) is 18.9 Å². The molecule has 0 saturated carbocycles. The molecule has 4 rings (SSSR count). The van der Waals surface area contributed by atoms with Gasteiger partial charge in [-0.15, -0.1) is 0 Å². The molecule has 0 aliphatic carbocycles. The van der Waals surface area contributed by atoms with Gasteiger partial charge in [0.05, 0.1) is 6.61 Å². The van der Waals surface area contributed by atoms with Crippen molar-refractivity contribution in [2.45, 2.75) is 37.9 Å². The van der Waals surface area contributed by atoms with E-state index in [2.05, 4.69) is 36.4 Å². The number of carbonyl (C=O) groups excluding carboxylic acids is 1. The summed E-state index contributed by atoms with van der Waals surface area (Å²) in [5, 5.41) is 0. The smallest absolute Gasteiger partial charge is 0.303 e. The average molecular weight is 459 g/mol. The monoisotopic (exact) mass is 458 g/mol. The molecule has 0 aromatic heterocycles. The van der Waals surface area contributed by atoms with E-state index in [0.717, 1.165) is 16.7 Å². The molecule has 0 unspecified atom stereocenters. The lowest BCUT2D eigenvalue weighted by Gasteiger charge is -2.39. The minimum Gasteiger partial charge on any atom is -0.455 e. The van der Waals surface area contributed by atoms with Crippen molar-refractivity contribution < 1.29 is 23.7 Å². The van der Waals surface area contributed by atoms with Crippen molar-refractivity contribution in [3.05, 3.63) is 120 Å². The highest BCUT2D eigenvalue weighted by Gasteiger charge is 2.40. The normalized spacial score (nSPS) is 20.1. The molecule has 0 spiro atoms. The van der Waals surface area contributed by atoms with Crippen molar-refractivity contribution in [1.29, 1.82) is 0 Å². The Morgan fingerprint density at radius 2 is 1.32 bits per heavy atom. The maximum Gasteiger partial charge on any atom is 0.303 e. The molecule has 1 heterocycles. The molecule has 34 heavy (non-hydrogen) atoms. The van der Waals surface area contributed by atoms with Crippen LogP contribution >= 0.6 is 0 Å². The van der Waals surface area contributed by atoms with Gasteiger partial charge >= 0.3 is 5.97 Å². The Morgan fingerprint density at radius 3 is 1.76 bits per heavy atom. The summed E-state index contributed by atoms with van der Waals surface area (Å²) in [6, 6.07) is 30.4. The van der Waals surface area contributed by atoms with Crippen LogP contribution in [0.5, 0.6) is 0 Å². The molecule has 0 radical (unpaired) electrons. The molecular formula is C29H30O5. The molecule has 3 aromatic carbocycles. The molecule has 176 valence electrons. The zero-order valence-electron chi connectivity index (χ0n) is 19.5. The number of rotatable bonds is 9. The van der Waals surface area contributed by atoms with Crippen LogP contribution < -0.4 is 0 Å². The SMILES string of the molecule is CCO[C@@H]1C=C[C@H](OC(C)=O)[C@@H](COC(c2ccccc2)(c2ccccc2)c2ccccc2)O1. The maximum atomic E-state index is 11.7. The summed E-state index contributed by atoms with van der Waals surface area (Å²) < 4.78 is 24.2. The number of benzene rings is 3. The average Bonchev–Trinajstić information content (AvgIpc) is 2.88. The molecule has 1 aliphatic rings. The Labute approximate surface area is 200 Å². The molecule has 0 fully saturated rings. The summed E-state index contributed by atoms with van der Waals surface area (Å²) in [6.07, 6.45) is 1.95. The number of ether oxygens (including phenoxy) is 4. The Balaban J connectivity index is 1.75. The van der Waals surface area contributed by atoms with Gasteiger partial charge in [-0.25, -0.2) is 0 Å². The first kappa shape index (κ1) is 23.9. The highest BCUT2D eigenvalue weighted by Crippen LogP contribution is 2.41. The molecule has 5 heteroatoms. The van der Waals surface area contributed by atoms with Gasteiger partial charge in [0.25, 0.3) is 0 Å². The van der Waals surface area contributed by atoms with Gasteiger partial charge in [-0.05, 0) is 35.8 Å². The first-order valence-corrected chi connectivity index (χ1v) is 11.6. The Bertz CT molecular complexity index is 969. The fraction of sp³-hybridized carbons (Fsp3) is 0.276. The summed E-state index contributed by atoms with van der Waals surface area (Å²) in [4.78, 5) is 11.7. The van der Waals surface area contributed by atoms with Gasteiger partial charge in [0.1, 0.15) is 17.8 Å². The lowest BCUT2D eigenvalue weighted by atomic mass is 9.80. The van der Waals surface area contributed by atoms with Crippen LogP contribution in [0.3, 0.4) is 0 Å². The summed E-state index contributed by atoms with van der Waals surface area (Å²) in [6.45, 7) is 3.97. The first-order valence-electron chi connectivity index (χ1n) is 11.6. The minimum absolute atomic E-state index is 0.171. The van der Waals surface area contributed by atoms with E-state index in [-0.39, 0.29) is 12.6 Å². The summed E-state index contributed by atoms with van der Waals surface area (Å²) in [5.74, 6) is -0.376. The van der Waals surface area contributed by atoms with Crippen molar-refractivity contribution in [2.75, 3.05) is 13.2 Å². The van der Waals surface area contributed by atoms with Gasteiger partial charge in [-0.2, -0.15) is 0 Å². The van der Waals surface area contributed by atoms with Crippen LogP contribution in [-0.2, 0) is 29.3 Å². The minimum atomic E-state index is -0.893. The van der Waals surface area contributed by atoms with Crippen LogP contribution in [-0.4, -0.2) is 37.7 Å². The lowest BCUT2D eigenvalue weighted by Crippen LogP contribution is -2.44. The van der Waals surface area contributed by atoms with Gasteiger partial charge in [0.2, 0.25) is 0 Å². The quantitative estimate of drug-likeness (QED) is 0.249. The lowest BCUT2D eigenvalue weighted by molar-refractivity contribution is -0.200.